The molecule has 2 rings (SSSR count). The number of aromatic nitrogens is 1. The summed E-state index contributed by atoms with van der Waals surface area (Å²) in [6.45, 7) is 0. The van der Waals surface area contributed by atoms with E-state index in [-0.39, 0.29) is 0 Å². The smallest absolute Gasteiger partial charge is 0.196 e. The predicted molar refractivity (Wildman–Crippen MR) is 64.1 cm³/mol. The van der Waals surface area contributed by atoms with Crippen molar-refractivity contribution in [1.82, 2.24) is 4.98 Å². The Balaban J connectivity index is 2.25. The van der Waals surface area contributed by atoms with Gasteiger partial charge in [-0.3, -0.25) is 0 Å². The molecule has 0 fully saturated rings. The Morgan fingerprint density at radius 2 is 2.00 bits per heavy atom. The largest absolute Gasteiger partial charge is 0.441 e. The summed E-state index contributed by atoms with van der Waals surface area (Å²) in [5.41, 5.74) is 1.02. The van der Waals surface area contributed by atoms with Gasteiger partial charge in [-0.1, -0.05) is 28.1 Å². The molecule has 0 bridgehead atoms. The Labute approximate surface area is 101 Å². The Kier molecular flexibility index (Phi) is 3.44. The number of hydrogen-bond donors (Lipinski definition) is 0. The molecule has 0 aliphatic heterocycles. The highest BCUT2D eigenvalue weighted by atomic mass is 79.9. The molecule has 0 saturated carbocycles. The number of benzene rings is 1. The molecule has 0 atom stereocenters. The highest BCUT2D eigenvalue weighted by molar-refractivity contribution is 9.10. The van der Waals surface area contributed by atoms with Crippen LogP contribution in [-0.2, 0) is 6.42 Å². The zero-order chi connectivity index (χ0) is 10.7. The Morgan fingerprint density at radius 1 is 1.27 bits per heavy atom. The van der Waals surface area contributed by atoms with Crippen LogP contribution in [0.1, 0.15) is 5.89 Å². The molecule has 0 N–H and O–H groups in total. The lowest BCUT2D eigenvalue weighted by molar-refractivity contribution is 0.515. The lowest BCUT2D eigenvalue weighted by Crippen LogP contribution is -1.83. The van der Waals surface area contributed by atoms with Crippen molar-refractivity contribution in [3.05, 3.63) is 40.8 Å². The van der Waals surface area contributed by atoms with Gasteiger partial charge in [0.25, 0.3) is 0 Å². The van der Waals surface area contributed by atoms with Crippen molar-refractivity contribution < 1.29 is 4.42 Å². The van der Waals surface area contributed by atoms with Gasteiger partial charge >= 0.3 is 0 Å². The third-order valence-corrected chi connectivity index (χ3v) is 2.71. The lowest BCUT2D eigenvalue weighted by Gasteiger charge is -1.95. The molecule has 0 radical (unpaired) electrons. The highest BCUT2D eigenvalue weighted by Crippen LogP contribution is 2.22. The second-order valence-electron chi connectivity index (χ2n) is 3.06. The first-order valence-corrected chi connectivity index (χ1v) is 5.89. The van der Waals surface area contributed by atoms with Crippen LogP contribution in [0.3, 0.4) is 0 Å². The summed E-state index contributed by atoms with van der Waals surface area (Å²) in [5, 5.41) is 0. The monoisotopic (exact) mass is 285 g/mol. The second kappa shape index (κ2) is 4.81. The van der Waals surface area contributed by atoms with Gasteiger partial charge in [0.15, 0.2) is 11.7 Å². The minimum atomic E-state index is 0.528. The van der Waals surface area contributed by atoms with Crippen LogP contribution in [0.15, 0.2) is 39.4 Å². The maximum atomic E-state index is 5.61. The number of alkyl halides is 1. The van der Waals surface area contributed by atoms with E-state index < -0.39 is 0 Å². The topological polar surface area (TPSA) is 26.0 Å². The van der Waals surface area contributed by atoms with Crippen LogP contribution >= 0.6 is 27.5 Å². The first-order valence-electron chi connectivity index (χ1n) is 4.56. The fourth-order valence-electron chi connectivity index (χ4n) is 1.25. The summed E-state index contributed by atoms with van der Waals surface area (Å²) in [6, 6.07) is 7.91. The van der Waals surface area contributed by atoms with Crippen molar-refractivity contribution >= 4 is 27.5 Å². The third-order valence-electron chi connectivity index (χ3n) is 1.99. The van der Waals surface area contributed by atoms with Gasteiger partial charge in [0.05, 0.1) is 6.20 Å². The van der Waals surface area contributed by atoms with Crippen LogP contribution in [0.2, 0.25) is 0 Å². The van der Waals surface area contributed by atoms with E-state index in [0.29, 0.717) is 18.2 Å². The summed E-state index contributed by atoms with van der Waals surface area (Å²) in [7, 11) is 0. The van der Waals surface area contributed by atoms with Gasteiger partial charge < -0.3 is 4.42 Å². The molecule has 4 heteroatoms. The van der Waals surface area contributed by atoms with Crippen molar-refractivity contribution in [1.29, 1.82) is 0 Å². The summed E-state index contributed by atoms with van der Waals surface area (Å²) in [4.78, 5) is 4.14. The number of hydrogen-bond acceptors (Lipinski definition) is 2. The molecule has 0 saturated heterocycles. The molecule has 1 heterocycles. The minimum absolute atomic E-state index is 0.528. The fraction of sp³-hybridized carbons (Fsp3) is 0.182. The van der Waals surface area contributed by atoms with Crippen molar-refractivity contribution in [2.24, 2.45) is 0 Å². The van der Waals surface area contributed by atoms with Crippen molar-refractivity contribution in [2.45, 2.75) is 6.42 Å². The SMILES string of the molecule is ClCCc1ncc(-c2ccc(Br)cc2)o1. The molecule has 78 valence electrons. The summed E-state index contributed by atoms with van der Waals surface area (Å²) >= 11 is 8.99. The molecular formula is C11H9BrClNO. The van der Waals surface area contributed by atoms with Crippen LogP contribution in [0.5, 0.6) is 0 Å². The summed E-state index contributed by atoms with van der Waals surface area (Å²) in [5.74, 6) is 1.99. The summed E-state index contributed by atoms with van der Waals surface area (Å²) < 4.78 is 6.59. The highest BCUT2D eigenvalue weighted by Gasteiger charge is 2.05. The van der Waals surface area contributed by atoms with E-state index in [0.717, 1.165) is 15.8 Å². The molecule has 1 aromatic carbocycles. The fourth-order valence-corrected chi connectivity index (χ4v) is 1.68. The molecule has 0 aliphatic carbocycles. The molecule has 0 amide bonds. The molecule has 1 aromatic heterocycles. The van der Waals surface area contributed by atoms with Gasteiger partial charge in [0.2, 0.25) is 0 Å². The Hall–Kier alpha value is -0.800. The van der Waals surface area contributed by atoms with E-state index in [9.17, 15) is 0 Å². The Morgan fingerprint density at radius 3 is 2.67 bits per heavy atom. The molecule has 0 aliphatic rings. The Bertz CT molecular complexity index is 438. The van der Waals surface area contributed by atoms with Gasteiger partial charge in [0.1, 0.15) is 0 Å². The molecule has 2 aromatic rings. The predicted octanol–water partition coefficient (Wildman–Crippen LogP) is 3.89. The molecule has 0 spiro atoms. The van der Waals surface area contributed by atoms with Gasteiger partial charge in [-0.05, 0) is 12.1 Å². The maximum Gasteiger partial charge on any atom is 0.196 e. The first-order chi connectivity index (χ1) is 7.29. The van der Waals surface area contributed by atoms with Gasteiger partial charge in [-0.25, -0.2) is 4.98 Å². The van der Waals surface area contributed by atoms with E-state index in [2.05, 4.69) is 20.9 Å². The van der Waals surface area contributed by atoms with E-state index in [4.69, 9.17) is 16.0 Å². The van der Waals surface area contributed by atoms with E-state index in [1.165, 1.54) is 0 Å². The lowest BCUT2D eigenvalue weighted by atomic mass is 10.2. The van der Waals surface area contributed by atoms with Crippen LogP contribution in [-0.4, -0.2) is 10.9 Å². The third kappa shape index (κ3) is 2.61. The van der Waals surface area contributed by atoms with Gasteiger partial charge in [-0.15, -0.1) is 11.6 Å². The van der Waals surface area contributed by atoms with Crippen LogP contribution < -0.4 is 0 Å². The van der Waals surface area contributed by atoms with E-state index in [1.54, 1.807) is 6.20 Å². The average molecular weight is 287 g/mol. The number of nitrogens with zero attached hydrogens (tertiary/aromatic N) is 1. The molecule has 2 nitrogen and oxygen atoms in total. The standard InChI is InChI=1S/C11H9BrClNO/c12-9-3-1-8(2-4-9)10-7-14-11(15-10)5-6-13/h1-4,7H,5-6H2. The number of halogens is 2. The van der Waals surface area contributed by atoms with Crippen molar-refractivity contribution in [3.63, 3.8) is 0 Å². The average Bonchev–Trinajstić information content (AvgIpc) is 2.68. The zero-order valence-corrected chi connectivity index (χ0v) is 10.3. The minimum Gasteiger partial charge on any atom is -0.441 e. The normalized spacial score (nSPS) is 10.5. The number of oxazole rings is 1. The quantitative estimate of drug-likeness (QED) is 0.800. The molecule has 0 unspecified atom stereocenters. The second-order valence-corrected chi connectivity index (χ2v) is 4.36. The van der Waals surface area contributed by atoms with Crippen molar-refractivity contribution in [2.75, 3.05) is 5.88 Å². The molecular weight excluding hydrogens is 277 g/mol. The van der Waals surface area contributed by atoms with Crippen LogP contribution in [0, 0.1) is 0 Å². The van der Waals surface area contributed by atoms with Crippen LogP contribution in [0.25, 0.3) is 11.3 Å². The number of rotatable bonds is 3. The number of aryl methyl sites for hydroxylation is 1. The van der Waals surface area contributed by atoms with E-state index >= 15 is 0 Å². The van der Waals surface area contributed by atoms with Crippen LogP contribution in [0.4, 0.5) is 0 Å². The maximum absolute atomic E-state index is 5.61. The molecule has 15 heavy (non-hydrogen) atoms. The van der Waals surface area contributed by atoms with Crippen molar-refractivity contribution in [3.8, 4) is 11.3 Å². The zero-order valence-electron chi connectivity index (χ0n) is 7.91. The summed E-state index contributed by atoms with van der Waals surface area (Å²) in [6.07, 6.45) is 2.39. The van der Waals surface area contributed by atoms with Gasteiger partial charge in [0, 0.05) is 22.3 Å². The van der Waals surface area contributed by atoms with Gasteiger partial charge in [-0.2, -0.15) is 0 Å². The van der Waals surface area contributed by atoms with E-state index in [1.807, 2.05) is 24.3 Å². The first kappa shape index (κ1) is 10.7.